The van der Waals surface area contributed by atoms with E-state index in [1.807, 2.05) is 0 Å². The number of rotatable bonds is 2. The lowest BCUT2D eigenvalue weighted by molar-refractivity contribution is 0.553. The second-order valence-corrected chi connectivity index (χ2v) is 7.37. The van der Waals surface area contributed by atoms with E-state index in [0.717, 1.165) is 5.56 Å². The molecule has 0 amide bonds. The molecule has 1 heterocycles. The minimum Gasteiger partial charge on any atom is -0.187 e. The first-order chi connectivity index (χ1) is 10.3. The van der Waals surface area contributed by atoms with Crippen LogP contribution in [0.3, 0.4) is 0 Å². The third kappa shape index (κ3) is 2.77. The zero-order valence-corrected chi connectivity index (χ0v) is 13.9. The Balaban J connectivity index is 2.16. The van der Waals surface area contributed by atoms with Crippen LogP contribution in [0.1, 0.15) is 18.1 Å². The van der Waals surface area contributed by atoms with Gasteiger partial charge in [-0.15, -0.1) is 0 Å². The van der Waals surface area contributed by atoms with Gasteiger partial charge in [0.2, 0.25) is 0 Å². The summed E-state index contributed by atoms with van der Waals surface area (Å²) in [6.07, 6.45) is 0. The monoisotopic (exact) mass is 354 g/mol. The summed E-state index contributed by atoms with van der Waals surface area (Å²) in [5.74, 6) is 0. The van der Waals surface area contributed by atoms with E-state index in [2.05, 4.69) is 9.12 Å². The highest BCUT2D eigenvalue weighted by molar-refractivity contribution is 7.88. The summed E-state index contributed by atoms with van der Waals surface area (Å²) in [5.41, 5.74) is 0.908. The smallest absolute Gasteiger partial charge is 0.187 e. The summed E-state index contributed by atoms with van der Waals surface area (Å²) in [4.78, 5) is 0. The number of nitrogens with one attached hydrogen (secondary N) is 1. The molecule has 0 aliphatic carbocycles. The molecule has 7 heteroatoms. The Bertz CT molecular complexity index is 846. The predicted octanol–water partition coefficient (Wildman–Crippen LogP) is 3.55. The van der Waals surface area contributed by atoms with Crippen LogP contribution < -0.4 is 4.72 Å². The maximum atomic E-state index is 12.0. The first kappa shape index (κ1) is 15.5. The first-order valence-corrected chi connectivity index (χ1v) is 8.66. The standard InChI is InChI=1S/C15H12Cl2N2O2S/c1-15(11-4-8-13(17)9-5-11)14(18-22(20,21)19-15)10-2-6-12(16)7-3-10/h2-9,19H,1H3. The van der Waals surface area contributed by atoms with Crippen molar-refractivity contribution in [1.82, 2.24) is 4.72 Å². The molecule has 0 bridgehead atoms. The second-order valence-electron chi connectivity index (χ2n) is 5.16. The van der Waals surface area contributed by atoms with Crippen molar-refractivity contribution in [2.24, 2.45) is 4.40 Å². The second kappa shape index (κ2) is 5.35. The van der Waals surface area contributed by atoms with Crippen LogP contribution in [0.15, 0.2) is 52.9 Å². The summed E-state index contributed by atoms with van der Waals surface area (Å²) in [5, 5.41) is 1.16. The van der Waals surface area contributed by atoms with Gasteiger partial charge in [-0.05, 0) is 42.3 Å². The summed E-state index contributed by atoms with van der Waals surface area (Å²) in [6.45, 7) is 1.77. The molecule has 0 radical (unpaired) electrons. The van der Waals surface area contributed by atoms with Gasteiger partial charge in [-0.2, -0.15) is 17.5 Å². The van der Waals surface area contributed by atoms with Crippen LogP contribution in [-0.4, -0.2) is 14.1 Å². The maximum Gasteiger partial charge on any atom is 0.321 e. The lowest BCUT2D eigenvalue weighted by Crippen LogP contribution is -2.43. The number of halogens is 2. The molecule has 0 saturated heterocycles. The van der Waals surface area contributed by atoms with Crippen molar-refractivity contribution in [2.45, 2.75) is 12.5 Å². The van der Waals surface area contributed by atoms with Gasteiger partial charge in [-0.1, -0.05) is 47.5 Å². The molecule has 3 rings (SSSR count). The molecule has 0 spiro atoms. The normalized spacial score (nSPS) is 23.3. The van der Waals surface area contributed by atoms with Crippen molar-refractivity contribution >= 4 is 39.1 Å². The van der Waals surface area contributed by atoms with Gasteiger partial charge in [-0.3, -0.25) is 0 Å². The van der Waals surface area contributed by atoms with Gasteiger partial charge in [0.15, 0.2) is 0 Å². The zero-order valence-electron chi connectivity index (χ0n) is 11.5. The summed E-state index contributed by atoms with van der Waals surface area (Å²) < 4.78 is 30.4. The molecule has 114 valence electrons. The topological polar surface area (TPSA) is 58.5 Å². The Morgan fingerprint density at radius 3 is 2.00 bits per heavy atom. The van der Waals surface area contributed by atoms with Gasteiger partial charge in [0, 0.05) is 10.0 Å². The Labute approximate surface area is 139 Å². The highest BCUT2D eigenvalue weighted by Gasteiger charge is 2.43. The van der Waals surface area contributed by atoms with Crippen LogP contribution >= 0.6 is 23.2 Å². The Morgan fingerprint density at radius 2 is 1.45 bits per heavy atom. The lowest BCUT2D eigenvalue weighted by atomic mass is 9.84. The first-order valence-electron chi connectivity index (χ1n) is 6.46. The van der Waals surface area contributed by atoms with Crippen molar-refractivity contribution in [1.29, 1.82) is 0 Å². The molecule has 0 fully saturated rings. The van der Waals surface area contributed by atoms with E-state index in [1.165, 1.54) is 0 Å². The summed E-state index contributed by atoms with van der Waals surface area (Å²) in [7, 11) is -3.75. The zero-order chi connectivity index (χ0) is 16.0. The molecule has 22 heavy (non-hydrogen) atoms. The van der Waals surface area contributed by atoms with Crippen molar-refractivity contribution in [2.75, 3.05) is 0 Å². The van der Waals surface area contributed by atoms with Crippen LogP contribution in [0.4, 0.5) is 0 Å². The Kier molecular flexibility index (Phi) is 3.77. The van der Waals surface area contributed by atoms with Crippen LogP contribution in [0, 0.1) is 0 Å². The van der Waals surface area contributed by atoms with E-state index in [4.69, 9.17) is 23.2 Å². The number of hydrogen-bond donors (Lipinski definition) is 1. The molecule has 1 aliphatic heterocycles. The molecule has 1 N–H and O–H groups in total. The molecule has 0 saturated carbocycles. The van der Waals surface area contributed by atoms with E-state index in [9.17, 15) is 8.42 Å². The Hall–Kier alpha value is -1.40. The van der Waals surface area contributed by atoms with Crippen LogP contribution in [0.25, 0.3) is 0 Å². The summed E-state index contributed by atoms with van der Waals surface area (Å²) >= 11 is 11.8. The predicted molar refractivity (Wildman–Crippen MR) is 88.8 cm³/mol. The van der Waals surface area contributed by atoms with E-state index >= 15 is 0 Å². The number of nitrogens with zero attached hydrogens (tertiary/aromatic N) is 1. The highest BCUT2D eigenvalue weighted by Crippen LogP contribution is 2.33. The molecule has 1 aliphatic rings. The van der Waals surface area contributed by atoms with E-state index in [-0.39, 0.29) is 0 Å². The molecular formula is C15H12Cl2N2O2S. The van der Waals surface area contributed by atoms with E-state index in [0.29, 0.717) is 21.3 Å². The molecule has 1 atom stereocenters. The molecule has 0 aromatic heterocycles. The van der Waals surface area contributed by atoms with Crippen molar-refractivity contribution in [3.63, 3.8) is 0 Å². The van der Waals surface area contributed by atoms with Gasteiger partial charge < -0.3 is 0 Å². The van der Waals surface area contributed by atoms with E-state index < -0.39 is 15.7 Å². The molecule has 2 aromatic rings. The lowest BCUT2D eigenvalue weighted by Gasteiger charge is -2.26. The quantitative estimate of drug-likeness (QED) is 0.896. The minimum absolute atomic E-state index is 0.423. The van der Waals surface area contributed by atoms with Crippen LogP contribution in [0.5, 0.6) is 0 Å². The number of benzene rings is 2. The van der Waals surface area contributed by atoms with Gasteiger partial charge in [0.1, 0.15) is 5.54 Å². The molecule has 4 nitrogen and oxygen atoms in total. The van der Waals surface area contributed by atoms with E-state index in [1.54, 1.807) is 55.5 Å². The van der Waals surface area contributed by atoms with Crippen molar-refractivity contribution in [3.05, 3.63) is 69.7 Å². The largest absolute Gasteiger partial charge is 0.321 e. The van der Waals surface area contributed by atoms with Gasteiger partial charge in [0.05, 0.1) is 5.71 Å². The molecule has 1 unspecified atom stereocenters. The average molecular weight is 355 g/mol. The van der Waals surface area contributed by atoms with Crippen molar-refractivity contribution < 1.29 is 8.42 Å². The van der Waals surface area contributed by atoms with Gasteiger partial charge >= 0.3 is 10.2 Å². The fourth-order valence-electron chi connectivity index (χ4n) is 2.47. The highest BCUT2D eigenvalue weighted by atomic mass is 35.5. The maximum absolute atomic E-state index is 12.0. The SMILES string of the molecule is CC1(c2ccc(Cl)cc2)NS(=O)(=O)N=C1c1ccc(Cl)cc1. The molecule has 2 aromatic carbocycles. The fourth-order valence-corrected chi connectivity index (χ4v) is 4.02. The van der Waals surface area contributed by atoms with Crippen molar-refractivity contribution in [3.8, 4) is 0 Å². The minimum atomic E-state index is -3.75. The third-order valence-electron chi connectivity index (χ3n) is 3.56. The van der Waals surface area contributed by atoms with Crippen LogP contribution in [0.2, 0.25) is 10.0 Å². The van der Waals surface area contributed by atoms with Crippen LogP contribution in [-0.2, 0) is 15.7 Å². The Morgan fingerprint density at radius 1 is 0.955 bits per heavy atom. The van der Waals surface area contributed by atoms with Gasteiger partial charge in [-0.25, -0.2) is 0 Å². The van der Waals surface area contributed by atoms with Gasteiger partial charge in [0.25, 0.3) is 0 Å². The number of hydrogen-bond acceptors (Lipinski definition) is 2. The fraction of sp³-hybridized carbons (Fsp3) is 0.133. The summed E-state index contributed by atoms with van der Waals surface area (Å²) in [6, 6.07) is 13.9. The molecular weight excluding hydrogens is 343 g/mol. The average Bonchev–Trinajstić information content (AvgIpc) is 2.71. The third-order valence-corrected chi connectivity index (χ3v) is 5.15.